The largest absolute Gasteiger partial charge is 0.480 e. The third kappa shape index (κ3) is 3.60. The quantitative estimate of drug-likeness (QED) is 0.439. The normalized spacial score (nSPS) is 33.2. The maximum Gasteiger partial charge on any atom is 0.207 e. The van der Waals surface area contributed by atoms with E-state index in [9.17, 15) is 13.7 Å². The van der Waals surface area contributed by atoms with Crippen molar-refractivity contribution in [2.24, 2.45) is 22.7 Å². The fraction of sp³-hybridized carbons (Fsp3) is 0.652. The van der Waals surface area contributed by atoms with E-state index in [1.165, 1.54) is 6.26 Å². The van der Waals surface area contributed by atoms with Gasteiger partial charge in [0.1, 0.15) is 5.75 Å². The molecule has 2 unspecified atom stereocenters. The molecular weight excluding hydrogens is 398 g/mol. The van der Waals surface area contributed by atoms with Crippen molar-refractivity contribution in [3.63, 3.8) is 0 Å². The van der Waals surface area contributed by atoms with Crippen molar-refractivity contribution in [3.05, 3.63) is 29.8 Å². The molecule has 162 valence electrons. The maximum absolute atomic E-state index is 12.6. The molecule has 0 radical (unpaired) electrons. The molecule has 4 bridgehead atoms. The van der Waals surface area contributed by atoms with Crippen molar-refractivity contribution in [1.29, 1.82) is 5.26 Å². The summed E-state index contributed by atoms with van der Waals surface area (Å²) in [5.74, 6) is 2.33. The summed E-state index contributed by atoms with van der Waals surface area (Å²) >= 11 is 0. The lowest BCUT2D eigenvalue weighted by molar-refractivity contribution is 0.00460. The number of rotatable bonds is 5. The van der Waals surface area contributed by atoms with Gasteiger partial charge in [-0.1, -0.05) is 18.2 Å². The monoisotopic (exact) mass is 429 g/mol. The fourth-order valence-corrected chi connectivity index (χ4v) is 7.75. The number of para-hydroxylation sites is 1. The molecule has 2 atom stereocenters. The molecule has 1 aromatic rings. The summed E-state index contributed by atoms with van der Waals surface area (Å²) in [6.07, 6.45) is 7.65. The van der Waals surface area contributed by atoms with Gasteiger partial charge < -0.3 is 10.1 Å². The Bertz CT molecular complexity index is 993. The molecule has 6 nitrogen and oxygen atoms in total. The van der Waals surface area contributed by atoms with Crippen molar-refractivity contribution in [2.45, 2.75) is 69.3 Å². The van der Waals surface area contributed by atoms with E-state index in [2.05, 4.69) is 10.3 Å². The van der Waals surface area contributed by atoms with Crippen LogP contribution in [0, 0.1) is 36.1 Å². The zero-order chi connectivity index (χ0) is 21.7. The molecule has 4 aliphatic rings. The molecule has 0 spiro atoms. The molecule has 0 heterocycles. The number of sulfone groups is 1. The number of nitrogens with zero attached hydrogens (tertiary/aromatic N) is 2. The van der Waals surface area contributed by atoms with Gasteiger partial charge in [0, 0.05) is 12.3 Å². The summed E-state index contributed by atoms with van der Waals surface area (Å²) in [6.45, 7) is 5.82. The Hall–Kier alpha value is -2.07. The van der Waals surface area contributed by atoms with Crippen LogP contribution in [0.5, 0.6) is 5.75 Å². The van der Waals surface area contributed by atoms with E-state index >= 15 is 0 Å². The van der Waals surface area contributed by atoms with Crippen molar-refractivity contribution in [1.82, 2.24) is 5.32 Å². The van der Waals surface area contributed by atoms with Crippen LogP contribution in [0.4, 0.5) is 0 Å². The SMILES string of the molecule is Cc1ccccc1OC(C)(C)/C(=N\C#N)NC1C2CC3CC1CC(S(C)(=O)=O)(C3)C2. The minimum Gasteiger partial charge on any atom is -0.480 e. The van der Waals surface area contributed by atoms with Gasteiger partial charge in [0.25, 0.3) is 0 Å². The number of aryl methyl sites for hydroxylation is 1. The average molecular weight is 430 g/mol. The van der Waals surface area contributed by atoms with Crippen molar-refractivity contribution >= 4 is 15.7 Å². The second kappa shape index (κ2) is 7.26. The van der Waals surface area contributed by atoms with Gasteiger partial charge in [-0.05, 0) is 82.3 Å². The molecule has 1 aromatic carbocycles. The summed E-state index contributed by atoms with van der Waals surface area (Å²) < 4.78 is 30.9. The molecule has 0 amide bonds. The third-order valence-corrected chi connectivity index (χ3v) is 9.57. The number of amidine groups is 1. The lowest BCUT2D eigenvalue weighted by Gasteiger charge is -2.59. The topological polar surface area (TPSA) is 91.5 Å². The number of nitrogens with one attached hydrogen (secondary N) is 1. The predicted octanol–water partition coefficient (Wildman–Crippen LogP) is 3.61. The van der Waals surface area contributed by atoms with Crippen LogP contribution in [-0.4, -0.2) is 36.9 Å². The standard InChI is InChI=1S/C23H31N3O3S/c1-15-7-5-6-8-19(15)29-22(2,3)21(25-14-24)26-20-17-9-16-10-18(20)13-23(11-16,12-17)30(4,27)28/h5-8,16-18,20H,9-13H2,1-4H3,(H,25,26). The lowest BCUT2D eigenvalue weighted by atomic mass is 9.53. The minimum absolute atomic E-state index is 0.128. The maximum atomic E-state index is 12.6. The number of ether oxygens (including phenoxy) is 1. The zero-order valence-corrected chi connectivity index (χ0v) is 19.0. The van der Waals surface area contributed by atoms with Gasteiger partial charge in [0.05, 0.1) is 4.75 Å². The third-order valence-electron chi connectivity index (χ3n) is 7.50. The molecule has 4 saturated carbocycles. The molecular formula is C23H31N3O3S. The highest BCUT2D eigenvalue weighted by Crippen LogP contribution is 2.58. The van der Waals surface area contributed by atoms with Crippen molar-refractivity contribution < 1.29 is 13.2 Å². The first kappa shape index (κ1) is 21.2. The number of nitriles is 1. The van der Waals surface area contributed by atoms with Gasteiger partial charge in [-0.2, -0.15) is 10.3 Å². The first-order valence-electron chi connectivity index (χ1n) is 10.7. The van der Waals surface area contributed by atoms with Crippen LogP contribution < -0.4 is 10.1 Å². The summed E-state index contributed by atoms with van der Waals surface area (Å²) in [5, 5.41) is 12.9. The first-order valence-corrected chi connectivity index (χ1v) is 12.6. The van der Waals surface area contributed by atoms with E-state index in [-0.39, 0.29) is 17.9 Å². The van der Waals surface area contributed by atoms with E-state index in [1.54, 1.807) is 0 Å². The molecule has 4 aliphatic carbocycles. The Balaban J connectivity index is 1.57. The molecule has 7 heteroatoms. The van der Waals surface area contributed by atoms with Crippen LogP contribution in [-0.2, 0) is 9.84 Å². The zero-order valence-electron chi connectivity index (χ0n) is 18.2. The van der Waals surface area contributed by atoms with Crippen molar-refractivity contribution in [2.75, 3.05) is 6.26 Å². The van der Waals surface area contributed by atoms with E-state index in [0.717, 1.165) is 30.6 Å². The summed E-state index contributed by atoms with van der Waals surface area (Å²) in [6, 6.07) is 7.92. The van der Waals surface area contributed by atoms with Gasteiger partial charge in [0.2, 0.25) is 6.19 Å². The van der Waals surface area contributed by atoms with Crippen LogP contribution in [0.2, 0.25) is 0 Å². The van der Waals surface area contributed by atoms with Crippen LogP contribution in [0.1, 0.15) is 51.5 Å². The van der Waals surface area contributed by atoms with Crippen molar-refractivity contribution in [3.8, 4) is 11.9 Å². The number of aliphatic imine (C=N–C) groups is 1. The molecule has 0 saturated heterocycles. The second-order valence-corrected chi connectivity index (χ2v) is 12.4. The Morgan fingerprint density at radius 3 is 2.43 bits per heavy atom. The highest BCUT2D eigenvalue weighted by molar-refractivity contribution is 7.92. The molecule has 0 aromatic heterocycles. The summed E-state index contributed by atoms with van der Waals surface area (Å²) in [5.41, 5.74) is 0.206. The van der Waals surface area contributed by atoms with Crippen LogP contribution in [0.3, 0.4) is 0 Å². The smallest absolute Gasteiger partial charge is 0.207 e. The van der Waals surface area contributed by atoms with Gasteiger partial charge in [0.15, 0.2) is 21.3 Å². The Labute approximate surface area is 179 Å². The van der Waals surface area contributed by atoms with Gasteiger partial charge >= 0.3 is 0 Å². The van der Waals surface area contributed by atoms with E-state index in [4.69, 9.17) is 4.74 Å². The summed E-state index contributed by atoms with van der Waals surface area (Å²) in [7, 11) is -3.09. The molecule has 30 heavy (non-hydrogen) atoms. The van der Waals surface area contributed by atoms with Crippen LogP contribution >= 0.6 is 0 Å². The molecule has 4 fully saturated rings. The number of hydrogen-bond donors (Lipinski definition) is 1. The van der Waals surface area contributed by atoms with E-state index in [1.807, 2.05) is 51.2 Å². The predicted molar refractivity (Wildman–Crippen MR) is 117 cm³/mol. The first-order chi connectivity index (χ1) is 14.0. The minimum atomic E-state index is -3.09. The Morgan fingerprint density at radius 2 is 1.87 bits per heavy atom. The van der Waals surface area contributed by atoms with E-state index in [0.29, 0.717) is 24.6 Å². The highest BCUT2D eigenvalue weighted by atomic mass is 32.2. The van der Waals surface area contributed by atoms with E-state index < -0.39 is 20.2 Å². The highest BCUT2D eigenvalue weighted by Gasteiger charge is 2.60. The second-order valence-electron chi connectivity index (χ2n) is 10.0. The number of hydrogen-bond acceptors (Lipinski definition) is 5. The fourth-order valence-electron chi connectivity index (χ4n) is 6.18. The van der Waals surface area contributed by atoms with Crippen LogP contribution in [0.15, 0.2) is 29.3 Å². The molecule has 5 rings (SSSR count). The number of benzene rings is 1. The van der Waals surface area contributed by atoms with Crippen LogP contribution in [0.25, 0.3) is 0 Å². The van der Waals surface area contributed by atoms with Gasteiger partial charge in [-0.15, -0.1) is 0 Å². The Kier molecular flexibility index (Phi) is 5.13. The van der Waals surface area contributed by atoms with Gasteiger partial charge in [-0.3, -0.25) is 0 Å². The molecule has 1 N–H and O–H groups in total. The molecule has 0 aliphatic heterocycles. The average Bonchev–Trinajstić information content (AvgIpc) is 2.64. The lowest BCUT2D eigenvalue weighted by Crippen LogP contribution is -2.65. The van der Waals surface area contributed by atoms with Gasteiger partial charge in [-0.25, -0.2) is 8.42 Å². The summed E-state index contributed by atoms with van der Waals surface area (Å²) in [4.78, 5) is 4.11. The Morgan fingerprint density at radius 1 is 1.23 bits per heavy atom.